The Balaban J connectivity index is 1.54. The highest BCUT2D eigenvalue weighted by Gasteiger charge is 2.19. The molecule has 0 aliphatic carbocycles. The van der Waals surface area contributed by atoms with Crippen molar-refractivity contribution in [2.75, 3.05) is 19.8 Å². The number of fused-ring (bicyclic) bond motifs is 2. The molecule has 0 aliphatic rings. The fraction of sp³-hybridized carbons (Fsp3) is 0.158. The van der Waals surface area contributed by atoms with E-state index < -0.39 is 10.0 Å². The number of benzene rings is 2. The summed E-state index contributed by atoms with van der Waals surface area (Å²) in [5.41, 5.74) is 2.44. The molecule has 2 aromatic carbocycles. The number of hydrogen-bond acceptors (Lipinski definition) is 6. The predicted molar refractivity (Wildman–Crippen MR) is 108 cm³/mol. The molecule has 0 saturated heterocycles. The zero-order valence-electron chi connectivity index (χ0n) is 15.2. The highest BCUT2D eigenvalue weighted by molar-refractivity contribution is 7.99. The fourth-order valence-corrected chi connectivity index (χ4v) is 4.47. The Bertz CT molecular complexity index is 1290. The van der Waals surface area contributed by atoms with Crippen LogP contribution in [0.3, 0.4) is 0 Å². The summed E-state index contributed by atoms with van der Waals surface area (Å²) in [6.07, 6.45) is 1.71. The van der Waals surface area contributed by atoms with E-state index in [1.165, 1.54) is 38.0 Å². The Morgan fingerprint density at radius 2 is 2.00 bits per heavy atom. The summed E-state index contributed by atoms with van der Waals surface area (Å²) in [6, 6.07) is 12.1. The quantitative estimate of drug-likeness (QED) is 0.382. The lowest BCUT2D eigenvalue weighted by Crippen LogP contribution is -2.22. The zero-order valence-corrected chi connectivity index (χ0v) is 16.8. The number of aromatic nitrogens is 2. The van der Waals surface area contributed by atoms with Crippen LogP contribution < -0.4 is 0 Å². The van der Waals surface area contributed by atoms with Gasteiger partial charge in [0, 0.05) is 36.8 Å². The first-order valence-electron chi connectivity index (χ1n) is 8.41. The van der Waals surface area contributed by atoms with Crippen molar-refractivity contribution in [2.24, 2.45) is 0 Å². The number of carbonyl (C=O) groups excluding carboxylic acids is 1. The van der Waals surface area contributed by atoms with Gasteiger partial charge in [-0.2, -0.15) is 0 Å². The van der Waals surface area contributed by atoms with E-state index in [0.29, 0.717) is 21.9 Å². The molecule has 144 valence electrons. The molecule has 0 unspecified atom stereocenters. The molecule has 2 aromatic heterocycles. The predicted octanol–water partition coefficient (Wildman–Crippen LogP) is 3.53. The lowest BCUT2D eigenvalue weighted by atomic mass is 10.1. The molecule has 0 fully saturated rings. The molecule has 0 aliphatic heterocycles. The molecule has 4 aromatic rings. The van der Waals surface area contributed by atoms with Crippen molar-refractivity contribution in [3.05, 3.63) is 54.2 Å². The Labute approximate surface area is 165 Å². The summed E-state index contributed by atoms with van der Waals surface area (Å²) >= 11 is 1.18. The molecule has 9 heteroatoms. The first kappa shape index (κ1) is 18.7. The monoisotopic (exact) mass is 415 g/mol. The van der Waals surface area contributed by atoms with Crippen molar-refractivity contribution >= 4 is 49.6 Å². The minimum Gasteiger partial charge on any atom is -0.431 e. The molecule has 0 atom stereocenters. The van der Waals surface area contributed by atoms with Crippen molar-refractivity contribution in [1.29, 1.82) is 0 Å². The lowest BCUT2D eigenvalue weighted by Gasteiger charge is -2.10. The number of para-hydroxylation sites is 1. The molecule has 0 bridgehead atoms. The summed E-state index contributed by atoms with van der Waals surface area (Å²) in [7, 11) is -0.604. The van der Waals surface area contributed by atoms with E-state index in [1.54, 1.807) is 12.3 Å². The van der Waals surface area contributed by atoms with Crippen molar-refractivity contribution in [3.8, 4) is 0 Å². The number of H-pyrrole nitrogens is 1. The number of sulfonamides is 1. The summed E-state index contributed by atoms with van der Waals surface area (Å²) in [5, 5.41) is 1.20. The third-order valence-electron chi connectivity index (χ3n) is 4.33. The zero-order chi connectivity index (χ0) is 19.9. The number of aromatic amines is 1. The van der Waals surface area contributed by atoms with Crippen LogP contribution in [-0.4, -0.2) is 48.3 Å². The van der Waals surface area contributed by atoms with Crippen LogP contribution in [0, 0.1) is 0 Å². The van der Waals surface area contributed by atoms with Crippen LogP contribution in [0.25, 0.3) is 22.0 Å². The standard InChI is InChI=1S/C19H17N3O4S2/c1-22(2)28(24,25)12-7-8-18-16(9-12)21-19(26-18)27-11-17(23)14-10-20-15-6-4-3-5-13(14)15/h3-10,20H,11H2,1-2H3. The lowest BCUT2D eigenvalue weighted by molar-refractivity contribution is 0.102. The number of carbonyl (C=O) groups is 1. The van der Waals surface area contributed by atoms with Gasteiger partial charge in [0.2, 0.25) is 10.0 Å². The average Bonchev–Trinajstić information content (AvgIpc) is 3.29. The van der Waals surface area contributed by atoms with Crippen LogP contribution in [0.1, 0.15) is 10.4 Å². The molecule has 0 amide bonds. The maximum absolute atomic E-state index is 12.6. The van der Waals surface area contributed by atoms with Crippen molar-refractivity contribution in [3.63, 3.8) is 0 Å². The third kappa shape index (κ3) is 3.32. The molecule has 7 nitrogen and oxygen atoms in total. The fourth-order valence-electron chi connectivity index (χ4n) is 2.83. The van der Waals surface area contributed by atoms with Gasteiger partial charge < -0.3 is 9.40 Å². The number of oxazole rings is 1. The molecule has 0 saturated carbocycles. The van der Waals surface area contributed by atoms with E-state index in [4.69, 9.17) is 4.42 Å². The number of thioether (sulfide) groups is 1. The van der Waals surface area contributed by atoms with Gasteiger partial charge in [0.1, 0.15) is 5.52 Å². The Morgan fingerprint density at radius 3 is 2.79 bits per heavy atom. The number of ketones is 1. The molecule has 1 N–H and O–H groups in total. The molecular weight excluding hydrogens is 398 g/mol. The van der Waals surface area contributed by atoms with E-state index in [1.807, 2.05) is 24.3 Å². The van der Waals surface area contributed by atoms with Crippen LogP contribution in [0.2, 0.25) is 0 Å². The number of nitrogens with zero attached hydrogens (tertiary/aromatic N) is 2. The number of Topliss-reactive ketones (excluding diaryl/α,β-unsaturated/α-hetero) is 1. The van der Waals surface area contributed by atoms with Crippen molar-refractivity contribution in [2.45, 2.75) is 10.1 Å². The van der Waals surface area contributed by atoms with Gasteiger partial charge >= 0.3 is 0 Å². The summed E-state index contributed by atoms with van der Waals surface area (Å²) < 4.78 is 31.3. The van der Waals surface area contributed by atoms with Gasteiger partial charge in [-0.05, 0) is 24.3 Å². The van der Waals surface area contributed by atoms with Gasteiger partial charge in [0.25, 0.3) is 5.22 Å². The SMILES string of the molecule is CN(C)S(=O)(=O)c1ccc2oc(SCC(=O)c3c[nH]c4ccccc34)nc2c1. The molecular formula is C19H17N3O4S2. The van der Waals surface area contributed by atoms with E-state index in [0.717, 1.165) is 15.2 Å². The van der Waals surface area contributed by atoms with E-state index in [9.17, 15) is 13.2 Å². The van der Waals surface area contributed by atoms with Crippen LogP contribution in [-0.2, 0) is 10.0 Å². The second-order valence-electron chi connectivity index (χ2n) is 6.36. The summed E-state index contributed by atoms with van der Waals surface area (Å²) in [5.74, 6) is 0.123. The third-order valence-corrected chi connectivity index (χ3v) is 6.97. The molecule has 28 heavy (non-hydrogen) atoms. The maximum atomic E-state index is 12.6. The largest absolute Gasteiger partial charge is 0.431 e. The van der Waals surface area contributed by atoms with Crippen molar-refractivity contribution < 1.29 is 17.6 Å². The molecule has 4 rings (SSSR count). The topological polar surface area (TPSA) is 96.3 Å². The van der Waals surface area contributed by atoms with Crippen LogP contribution in [0.5, 0.6) is 0 Å². The Morgan fingerprint density at radius 1 is 1.21 bits per heavy atom. The number of hydrogen-bond donors (Lipinski definition) is 1. The molecule has 0 radical (unpaired) electrons. The Hall–Kier alpha value is -2.62. The smallest absolute Gasteiger partial charge is 0.257 e. The summed E-state index contributed by atoms with van der Waals surface area (Å²) in [6.45, 7) is 0. The van der Waals surface area contributed by atoms with Gasteiger partial charge in [-0.1, -0.05) is 30.0 Å². The first-order chi connectivity index (χ1) is 13.4. The first-order valence-corrected chi connectivity index (χ1v) is 10.8. The average molecular weight is 415 g/mol. The van der Waals surface area contributed by atoms with Crippen LogP contribution >= 0.6 is 11.8 Å². The van der Waals surface area contributed by atoms with Crippen LogP contribution in [0.15, 0.2) is 63.2 Å². The van der Waals surface area contributed by atoms with Gasteiger partial charge in [-0.25, -0.2) is 17.7 Å². The highest BCUT2D eigenvalue weighted by Crippen LogP contribution is 2.27. The van der Waals surface area contributed by atoms with Gasteiger partial charge in [-0.3, -0.25) is 4.79 Å². The van der Waals surface area contributed by atoms with Crippen LogP contribution in [0.4, 0.5) is 0 Å². The Kier molecular flexibility index (Phi) is 4.74. The number of rotatable bonds is 6. The minimum absolute atomic E-state index is 0.0411. The highest BCUT2D eigenvalue weighted by atomic mass is 32.2. The van der Waals surface area contributed by atoms with Gasteiger partial charge in [-0.15, -0.1) is 0 Å². The van der Waals surface area contributed by atoms with E-state index in [-0.39, 0.29) is 16.4 Å². The minimum atomic E-state index is -3.55. The second kappa shape index (κ2) is 7.08. The van der Waals surface area contributed by atoms with Crippen molar-refractivity contribution in [1.82, 2.24) is 14.3 Å². The van der Waals surface area contributed by atoms with E-state index >= 15 is 0 Å². The second-order valence-corrected chi connectivity index (χ2v) is 9.43. The van der Waals surface area contributed by atoms with Gasteiger partial charge in [0.05, 0.1) is 10.6 Å². The van der Waals surface area contributed by atoms with E-state index in [2.05, 4.69) is 9.97 Å². The normalized spacial score (nSPS) is 12.2. The maximum Gasteiger partial charge on any atom is 0.257 e. The molecule has 0 spiro atoms. The number of nitrogens with one attached hydrogen (secondary N) is 1. The van der Waals surface area contributed by atoms with Gasteiger partial charge in [0.15, 0.2) is 11.4 Å². The summed E-state index contributed by atoms with van der Waals surface area (Å²) in [4.78, 5) is 20.1. The molecule has 2 heterocycles.